The molecule has 1 atom stereocenters. The van der Waals surface area contributed by atoms with E-state index in [1.54, 1.807) is 12.3 Å². The standard InChI is InChI=1S/C22H24N4O2/c1-15-4-3-8-26-19(13-24-22(15)26)12-20(27)25-9-7-17(14-25)10-16-5-2-6-18(11-16)21(23)28/h2-6,8,11,13,17H,7,9-10,12,14H2,1H3,(H2,23,28)/t17-/m0/s1. The van der Waals surface area contributed by atoms with Gasteiger partial charge in [0, 0.05) is 31.0 Å². The third kappa shape index (κ3) is 3.63. The highest BCUT2D eigenvalue weighted by atomic mass is 16.2. The van der Waals surface area contributed by atoms with Crippen molar-refractivity contribution in [1.82, 2.24) is 14.3 Å². The summed E-state index contributed by atoms with van der Waals surface area (Å²) in [7, 11) is 0. The van der Waals surface area contributed by atoms with Gasteiger partial charge in [-0.15, -0.1) is 0 Å². The van der Waals surface area contributed by atoms with E-state index >= 15 is 0 Å². The lowest BCUT2D eigenvalue weighted by Crippen LogP contribution is -2.30. The van der Waals surface area contributed by atoms with Crippen molar-refractivity contribution in [1.29, 1.82) is 0 Å². The molecule has 1 aliphatic heterocycles. The zero-order chi connectivity index (χ0) is 19.7. The third-order valence-corrected chi connectivity index (χ3v) is 5.51. The van der Waals surface area contributed by atoms with Gasteiger partial charge < -0.3 is 15.0 Å². The van der Waals surface area contributed by atoms with Crippen molar-refractivity contribution in [2.45, 2.75) is 26.2 Å². The minimum absolute atomic E-state index is 0.136. The van der Waals surface area contributed by atoms with Crippen LogP contribution in [0.4, 0.5) is 0 Å². The zero-order valence-corrected chi connectivity index (χ0v) is 16.0. The Kier molecular flexibility index (Phi) is 4.86. The molecule has 144 valence electrons. The molecule has 4 rings (SSSR count). The molecule has 2 N–H and O–H groups in total. The summed E-state index contributed by atoms with van der Waals surface area (Å²) in [5.74, 6) is 0.126. The highest BCUT2D eigenvalue weighted by Gasteiger charge is 2.27. The molecule has 28 heavy (non-hydrogen) atoms. The maximum absolute atomic E-state index is 12.8. The van der Waals surface area contributed by atoms with Crippen LogP contribution in [0.5, 0.6) is 0 Å². The molecule has 3 aromatic rings. The molecule has 2 amide bonds. The molecule has 0 unspecified atom stereocenters. The Morgan fingerprint density at radius 3 is 2.93 bits per heavy atom. The monoisotopic (exact) mass is 376 g/mol. The van der Waals surface area contributed by atoms with Gasteiger partial charge in [0.2, 0.25) is 11.8 Å². The molecule has 0 aliphatic carbocycles. The van der Waals surface area contributed by atoms with Gasteiger partial charge in [-0.3, -0.25) is 9.59 Å². The van der Waals surface area contributed by atoms with E-state index in [1.807, 2.05) is 52.8 Å². The van der Waals surface area contributed by atoms with E-state index in [9.17, 15) is 9.59 Å². The van der Waals surface area contributed by atoms with Crippen LogP contribution in [0.3, 0.4) is 0 Å². The number of fused-ring (bicyclic) bond motifs is 1. The number of hydrogen-bond acceptors (Lipinski definition) is 3. The molecule has 0 radical (unpaired) electrons. The van der Waals surface area contributed by atoms with Crippen molar-refractivity contribution in [3.8, 4) is 0 Å². The highest BCUT2D eigenvalue weighted by Crippen LogP contribution is 2.22. The Morgan fingerprint density at radius 1 is 1.25 bits per heavy atom. The lowest BCUT2D eigenvalue weighted by Gasteiger charge is -2.17. The van der Waals surface area contributed by atoms with E-state index in [0.717, 1.165) is 48.4 Å². The molecule has 0 spiro atoms. The normalized spacial score (nSPS) is 16.6. The first-order valence-corrected chi connectivity index (χ1v) is 9.59. The van der Waals surface area contributed by atoms with Crippen molar-refractivity contribution in [3.63, 3.8) is 0 Å². The summed E-state index contributed by atoms with van der Waals surface area (Å²) in [4.78, 5) is 30.6. The summed E-state index contributed by atoms with van der Waals surface area (Å²) in [5, 5.41) is 0. The Bertz CT molecular complexity index is 1040. The van der Waals surface area contributed by atoms with Crippen molar-refractivity contribution in [2.75, 3.05) is 13.1 Å². The van der Waals surface area contributed by atoms with E-state index in [1.165, 1.54) is 0 Å². The van der Waals surface area contributed by atoms with Gasteiger partial charge in [-0.25, -0.2) is 4.98 Å². The molecule has 2 aromatic heterocycles. The van der Waals surface area contributed by atoms with Gasteiger partial charge in [0.1, 0.15) is 5.65 Å². The topological polar surface area (TPSA) is 80.7 Å². The number of carbonyl (C=O) groups is 2. The number of aromatic nitrogens is 2. The number of nitrogens with zero attached hydrogens (tertiary/aromatic N) is 3. The van der Waals surface area contributed by atoms with Gasteiger partial charge in [-0.05, 0) is 55.0 Å². The molecule has 0 bridgehead atoms. The van der Waals surface area contributed by atoms with Gasteiger partial charge in [0.25, 0.3) is 0 Å². The van der Waals surface area contributed by atoms with E-state index in [4.69, 9.17) is 5.73 Å². The summed E-state index contributed by atoms with van der Waals surface area (Å²) in [6.45, 7) is 3.54. The van der Waals surface area contributed by atoms with Crippen molar-refractivity contribution < 1.29 is 9.59 Å². The highest BCUT2D eigenvalue weighted by molar-refractivity contribution is 5.92. The zero-order valence-electron chi connectivity index (χ0n) is 16.0. The second kappa shape index (κ2) is 7.46. The fourth-order valence-electron chi connectivity index (χ4n) is 4.01. The van der Waals surface area contributed by atoms with E-state index in [0.29, 0.717) is 17.9 Å². The molecule has 0 saturated carbocycles. The number of benzene rings is 1. The second-order valence-electron chi connectivity index (χ2n) is 7.57. The van der Waals surface area contributed by atoms with Crippen LogP contribution >= 0.6 is 0 Å². The number of pyridine rings is 1. The number of aryl methyl sites for hydroxylation is 1. The van der Waals surface area contributed by atoms with Crippen molar-refractivity contribution in [2.24, 2.45) is 11.7 Å². The molecule has 1 aromatic carbocycles. The molecule has 3 heterocycles. The SMILES string of the molecule is Cc1cccn2c(CC(=O)N3CC[C@@H](Cc4cccc(C(N)=O)c4)C3)cnc12. The Balaban J connectivity index is 1.39. The number of nitrogens with two attached hydrogens (primary N) is 1. The lowest BCUT2D eigenvalue weighted by atomic mass is 9.97. The maximum Gasteiger partial charge on any atom is 0.248 e. The quantitative estimate of drug-likeness (QED) is 0.742. The number of carbonyl (C=O) groups excluding carboxylic acids is 2. The first-order chi connectivity index (χ1) is 13.5. The summed E-state index contributed by atoms with van der Waals surface area (Å²) in [6.07, 6.45) is 5.92. The van der Waals surface area contributed by atoms with Crippen LogP contribution in [0, 0.1) is 12.8 Å². The van der Waals surface area contributed by atoms with Crippen molar-refractivity contribution in [3.05, 3.63) is 71.2 Å². The Morgan fingerprint density at radius 2 is 2.11 bits per heavy atom. The van der Waals surface area contributed by atoms with E-state index < -0.39 is 5.91 Å². The number of amides is 2. The fraction of sp³-hybridized carbons (Fsp3) is 0.318. The number of imidazole rings is 1. The van der Waals surface area contributed by atoms with Crippen molar-refractivity contribution >= 4 is 17.5 Å². The molecular weight excluding hydrogens is 352 g/mol. The molecule has 6 heteroatoms. The summed E-state index contributed by atoms with van der Waals surface area (Å²) < 4.78 is 2.00. The van der Waals surface area contributed by atoms with Crippen LogP contribution < -0.4 is 5.73 Å². The molecular formula is C22H24N4O2. The molecule has 1 aliphatic rings. The predicted molar refractivity (Wildman–Crippen MR) is 107 cm³/mol. The summed E-state index contributed by atoms with van der Waals surface area (Å²) in [6, 6.07) is 11.5. The van der Waals surface area contributed by atoms with Crippen LogP contribution in [0.25, 0.3) is 5.65 Å². The van der Waals surface area contributed by atoms with Gasteiger partial charge in [0.05, 0.1) is 12.1 Å². The average Bonchev–Trinajstić information content (AvgIpc) is 3.30. The molecule has 1 saturated heterocycles. The first-order valence-electron chi connectivity index (χ1n) is 9.59. The lowest BCUT2D eigenvalue weighted by molar-refractivity contribution is -0.129. The van der Waals surface area contributed by atoms with Crippen LogP contribution in [0.1, 0.15) is 33.6 Å². The van der Waals surface area contributed by atoms with Crippen LogP contribution in [0.15, 0.2) is 48.8 Å². The summed E-state index contributed by atoms with van der Waals surface area (Å²) >= 11 is 0. The largest absolute Gasteiger partial charge is 0.366 e. The average molecular weight is 376 g/mol. The van der Waals surface area contributed by atoms with Crippen LogP contribution in [-0.4, -0.2) is 39.2 Å². The number of rotatable bonds is 5. The smallest absolute Gasteiger partial charge is 0.248 e. The predicted octanol–water partition coefficient (Wildman–Crippen LogP) is 2.38. The molecule has 6 nitrogen and oxygen atoms in total. The minimum Gasteiger partial charge on any atom is -0.366 e. The Labute approximate surface area is 164 Å². The number of hydrogen-bond donors (Lipinski definition) is 1. The fourth-order valence-corrected chi connectivity index (χ4v) is 4.01. The van der Waals surface area contributed by atoms with Gasteiger partial charge in [0.15, 0.2) is 0 Å². The number of likely N-dealkylation sites (tertiary alicyclic amines) is 1. The minimum atomic E-state index is -0.409. The third-order valence-electron chi connectivity index (χ3n) is 5.51. The molecule has 1 fully saturated rings. The summed E-state index contributed by atoms with van der Waals surface area (Å²) in [5.41, 5.74) is 9.91. The van der Waals surface area contributed by atoms with Crippen LogP contribution in [0.2, 0.25) is 0 Å². The van der Waals surface area contributed by atoms with Crippen LogP contribution in [-0.2, 0) is 17.6 Å². The Hall–Kier alpha value is -3.15. The number of primary amides is 1. The second-order valence-corrected chi connectivity index (χ2v) is 7.57. The maximum atomic E-state index is 12.8. The van der Waals surface area contributed by atoms with Gasteiger partial charge >= 0.3 is 0 Å². The van der Waals surface area contributed by atoms with Gasteiger partial charge in [-0.2, -0.15) is 0 Å². The van der Waals surface area contributed by atoms with Gasteiger partial charge in [-0.1, -0.05) is 18.2 Å². The van der Waals surface area contributed by atoms with E-state index in [-0.39, 0.29) is 5.91 Å². The first kappa shape index (κ1) is 18.2. The van der Waals surface area contributed by atoms with E-state index in [2.05, 4.69) is 4.98 Å².